The summed E-state index contributed by atoms with van der Waals surface area (Å²) in [7, 11) is -3.85. The van der Waals surface area contributed by atoms with Gasteiger partial charge in [-0.3, -0.25) is 4.98 Å². The number of aryl methyl sites for hydroxylation is 1. The summed E-state index contributed by atoms with van der Waals surface area (Å²) in [6, 6.07) is 4.16. The van der Waals surface area contributed by atoms with Gasteiger partial charge in [0.1, 0.15) is 10.7 Å². The summed E-state index contributed by atoms with van der Waals surface area (Å²) in [6.45, 7) is 3.20. The molecule has 0 amide bonds. The molecule has 0 bridgehead atoms. The van der Waals surface area contributed by atoms with E-state index in [1.165, 1.54) is 13.2 Å². The number of rotatable bonds is 6. The van der Waals surface area contributed by atoms with E-state index in [1.54, 1.807) is 19.1 Å². The number of carboxylic acid groups (broad SMARTS) is 1. The van der Waals surface area contributed by atoms with Crippen molar-refractivity contribution in [2.24, 2.45) is 0 Å². The molecule has 118 valence electrons. The minimum atomic E-state index is -3.85. The van der Waals surface area contributed by atoms with Crippen LogP contribution in [-0.2, 0) is 16.4 Å². The molecular formula is C14H16N2O5S. The summed E-state index contributed by atoms with van der Waals surface area (Å²) in [5.74, 6) is -0.561. The maximum absolute atomic E-state index is 12.3. The summed E-state index contributed by atoms with van der Waals surface area (Å²) >= 11 is 0. The number of carbonyl (C=O) groups is 1. The largest absolute Gasteiger partial charge is 0.478 e. The van der Waals surface area contributed by atoms with Crippen molar-refractivity contribution in [3.05, 3.63) is 47.7 Å². The van der Waals surface area contributed by atoms with Crippen LogP contribution in [0, 0.1) is 6.92 Å². The van der Waals surface area contributed by atoms with E-state index < -0.39 is 22.0 Å². The first kappa shape index (κ1) is 16.2. The average Bonchev–Trinajstić information content (AvgIpc) is 2.90. The molecule has 1 unspecified atom stereocenters. The molecule has 0 aromatic carbocycles. The predicted octanol–water partition coefficient (Wildman–Crippen LogP) is 1.59. The highest BCUT2D eigenvalue weighted by Crippen LogP contribution is 2.14. The number of aromatic carboxylic acids is 1. The number of hydrogen-bond donors (Lipinski definition) is 2. The molecule has 0 aliphatic heterocycles. The average molecular weight is 324 g/mol. The molecule has 0 saturated heterocycles. The maximum atomic E-state index is 12.3. The number of nitrogens with zero attached hydrogens (tertiary/aromatic N) is 1. The third kappa shape index (κ3) is 3.71. The van der Waals surface area contributed by atoms with Gasteiger partial charge in [-0.15, -0.1) is 0 Å². The number of aromatic nitrogens is 1. The minimum Gasteiger partial charge on any atom is -0.478 e. The number of furan rings is 1. The highest BCUT2D eigenvalue weighted by atomic mass is 32.2. The standard InChI is InChI=1S/C14H16N2O5S/c1-9(6-11-4-3-5-21-11)16-22(19,20)12-7-13(14(17)18)10(2)15-8-12/h3-5,7-9,16H,6H2,1-2H3,(H,17,18). The molecule has 8 heteroatoms. The second-order valence-corrected chi connectivity index (χ2v) is 6.63. The Morgan fingerprint density at radius 2 is 2.23 bits per heavy atom. The second kappa shape index (κ2) is 6.29. The van der Waals surface area contributed by atoms with Gasteiger partial charge in [0.25, 0.3) is 0 Å². The van der Waals surface area contributed by atoms with Gasteiger partial charge >= 0.3 is 5.97 Å². The molecule has 0 saturated carbocycles. The van der Waals surface area contributed by atoms with E-state index in [4.69, 9.17) is 9.52 Å². The SMILES string of the molecule is Cc1ncc(S(=O)(=O)NC(C)Cc2ccco2)cc1C(=O)O. The lowest BCUT2D eigenvalue weighted by Crippen LogP contribution is -2.34. The van der Waals surface area contributed by atoms with Crippen molar-refractivity contribution in [3.8, 4) is 0 Å². The van der Waals surface area contributed by atoms with Crippen LogP contribution in [0.25, 0.3) is 0 Å². The fraction of sp³-hybridized carbons (Fsp3) is 0.286. The Bertz CT molecular complexity index is 769. The first-order valence-electron chi connectivity index (χ1n) is 6.54. The fourth-order valence-electron chi connectivity index (χ4n) is 1.98. The van der Waals surface area contributed by atoms with Crippen LogP contribution in [0.3, 0.4) is 0 Å². The van der Waals surface area contributed by atoms with Gasteiger partial charge in [-0.1, -0.05) is 0 Å². The summed E-state index contributed by atoms with van der Waals surface area (Å²) in [6.07, 6.45) is 3.04. The lowest BCUT2D eigenvalue weighted by atomic mass is 10.2. The zero-order valence-electron chi connectivity index (χ0n) is 12.1. The summed E-state index contributed by atoms with van der Waals surface area (Å²) in [5.41, 5.74) is 0.122. The molecule has 0 aliphatic carbocycles. The number of nitrogens with one attached hydrogen (secondary N) is 1. The summed E-state index contributed by atoms with van der Waals surface area (Å²) in [5, 5.41) is 9.04. The van der Waals surface area contributed by atoms with Crippen molar-refractivity contribution in [2.75, 3.05) is 0 Å². The monoisotopic (exact) mass is 324 g/mol. The Balaban J connectivity index is 2.19. The Morgan fingerprint density at radius 1 is 1.50 bits per heavy atom. The number of sulfonamides is 1. The van der Waals surface area contributed by atoms with E-state index >= 15 is 0 Å². The molecule has 0 spiro atoms. The van der Waals surface area contributed by atoms with Crippen LogP contribution in [0.1, 0.15) is 28.7 Å². The van der Waals surface area contributed by atoms with Gasteiger partial charge in [0.2, 0.25) is 10.0 Å². The van der Waals surface area contributed by atoms with Gasteiger partial charge in [-0.05, 0) is 32.0 Å². The molecule has 7 nitrogen and oxygen atoms in total. The number of pyridine rings is 1. The van der Waals surface area contributed by atoms with Crippen molar-refractivity contribution < 1.29 is 22.7 Å². The number of carboxylic acids is 1. The van der Waals surface area contributed by atoms with Crippen LogP contribution < -0.4 is 4.72 Å². The zero-order chi connectivity index (χ0) is 16.3. The van der Waals surface area contributed by atoms with E-state index in [0.29, 0.717) is 12.2 Å². The summed E-state index contributed by atoms with van der Waals surface area (Å²) < 4.78 is 32.2. The van der Waals surface area contributed by atoms with E-state index in [9.17, 15) is 13.2 Å². The van der Waals surface area contributed by atoms with Crippen molar-refractivity contribution >= 4 is 16.0 Å². The Labute approximate surface area is 128 Å². The minimum absolute atomic E-state index is 0.137. The molecule has 0 radical (unpaired) electrons. The van der Waals surface area contributed by atoms with Gasteiger partial charge in [-0.2, -0.15) is 0 Å². The maximum Gasteiger partial charge on any atom is 0.337 e. The quantitative estimate of drug-likeness (QED) is 0.835. The van der Waals surface area contributed by atoms with Gasteiger partial charge in [0, 0.05) is 18.7 Å². The highest BCUT2D eigenvalue weighted by molar-refractivity contribution is 7.89. The molecule has 0 aliphatic rings. The van der Waals surface area contributed by atoms with Crippen LogP contribution in [0.4, 0.5) is 0 Å². The zero-order valence-corrected chi connectivity index (χ0v) is 12.9. The number of hydrogen-bond acceptors (Lipinski definition) is 5. The third-order valence-electron chi connectivity index (χ3n) is 3.05. The van der Waals surface area contributed by atoms with Gasteiger partial charge in [0.05, 0.1) is 17.5 Å². The van der Waals surface area contributed by atoms with Gasteiger partial charge < -0.3 is 9.52 Å². The van der Waals surface area contributed by atoms with Crippen molar-refractivity contribution in [3.63, 3.8) is 0 Å². The Morgan fingerprint density at radius 3 is 2.82 bits per heavy atom. The van der Waals surface area contributed by atoms with Crippen molar-refractivity contribution in [1.29, 1.82) is 0 Å². The second-order valence-electron chi connectivity index (χ2n) is 4.91. The van der Waals surface area contributed by atoms with Gasteiger partial charge in [-0.25, -0.2) is 17.9 Å². The van der Waals surface area contributed by atoms with Crippen LogP contribution in [0.15, 0.2) is 40.0 Å². The predicted molar refractivity (Wildman–Crippen MR) is 78.1 cm³/mol. The van der Waals surface area contributed by atoms with Crippen LogP contribution in [-0.4, -0.2) is 30.5 Å². The molecule has 1 atom stereocenters. The van der Waals surface area contributed by atoms with Crippen molar-refractivity contribution in [1.82, 2.24) is 9.71 Å². The van der Waals surface area contributed by atoms with E-state index in [-0.39, 0.29) is 16.2 Å². The first-order chi connectivity index (χ1) is 10.3. The topological polar surface area (TPSA) is 110 Å². The molecule has 2 aromatic heterocycles. The third-order valence-corrected chi connectivity index (χ3v) is 4.60. The van der Waals surface area contributed by atoms with Crippen LogP contribution in [0.5, 0.6) is 0 Å². The van der Waals surface area contributed by atoms with E-state index in [1.807, 2.05) is 0 Å². The summed E-state index contributed by atoms with van der Waals surface area (Å²) in [4.78, 5) is 14.7. The Kier molecular flexibility index (Phi) is 4.62. The smallest absolute Gasteiger partial charge is 0.337 e. The van der Waals surface area contributed by atoms with E-state index in [2.05, 4.69) is 9.71 Å². The van der Waals surface area contributed by atoms with Crippen LogP contribution in [0.2, 0.25) is 0 Å². The van der Waals surface area contributed by atoms with Crippen molar-refractivity contribution in [2.45, 2.75) is 31.2 Å². The van der Waals surface area contributed by atoms with Gasteiger partial charge in [0.15, 0.2) is 0 Å². The molecule has 0 fully saturated rings. The van der Waals surface area contributed by atoms with Crippen LogP contribution >= 0.6 is 0 Å². The lowest BCUT2D eigenvalue weighted by Gasteiger charge is -2.13. The fourth-order valence-corrected chi connectivity index (χ4v) is 3.20. The molecule has 2 heterocycles. The normalized spacial score (nSPS) is 13.0. The molecule has 2 rings (SSSR count). The lowest BCUT2D eigenvalue weighted by molar-refractivity contribution is 0.0695. The molecule has 22 heavy (non-hydrogen) atoms. The van der Waals surface area contributed by atoms with E-state index in [0.717, 1.165) is 12.3 Å². The molecule has 2 aromatic rings. The molecular weight excluding hydrogens is 308 g/mol. The molecule has 2 N–H and O–H groups in total. The first-order valence-corrected chi connectivity index (χ1v) is 8.02. The highest BCUT2D eigenvalue weighted by Gasteiger charge is 2.21. The Hall–Kier alpha value is -2.19.